The van der Waals surface area contributed by atoms with Gasteiger partial charge in [-0.3, -0.25) is 0 Å². The Kier molecular flexibility index (Phi) is 4.44. The van der Waals surface area contributed by atoms with Gasteiger partial charge >= 0.3 is 5.97 Å². The van der Waals surface area contributed by atoms with E-state index in [0.717, 1.165) is 10.0 Å². The lowest BCUT2D eigenvalue weighted by molar-refractivity contribution is 0.0266. The van der Waals surface area contributed by atoms with Gasteiger partial charge in [-0.2, -0.15) is 0 Å². The number of rotatable bonds is 4. The summed E-state index contributed by atoms with van der Waals surface area (Å²) in [5.74, 6) is 0.931. The lowest BCUT2D eigenvalue weighted by Gasteiger charge is -2.21. The van der Waals surface area contributed by atoms with Crippen molar-refractivity contribution in [3.05, 3.63) is 46.3 Å². The van der Waals surface area contributed by atoms with E-state index in [1.165, 1.54) is 6.26 Å². The van der Waals surface area contributed by atoms with Gasteiger partial charge in [-0.1, -0.05) is 31.9 Å². The third-order valence-electron chi connectivity index (χ3n) is 3.17. The van der Waals surface area contributed by atoms with Crippen LogP contribution in [0.1, 0.15) is 29.1 Å². The fraction of sp³-hybridized carbons (Fsp3) is 0.267. The largest absolute Gasteiger partial charge is 0.457 e. The monoisotopic (exact) mass is 430 g/mol. The maximum atomic E-state index is 12.1. The zero-order valence-electron chi connectivity index (χ0n) is 11.5. The Morgan fingerprint density at radius 3 is 2.68 bits per heavy atom. The lowest BCUT2D eigenvalue weighted by atomic mass is 10.1. The Morgan fingerprint density at radius 1 is 1.32 bits per heavy atom. The van der Waals surface area contributed by atoms with Crippen molar-refractivity contribution in [3.63, 3.8) is 0 Å². The number of carbonyl (C=O) groups excluding carboxylic acids is 1. The summed E-state index contributed by atoms with van der Waals surface area (Å²) in [5.41, 5.74) is 0.786. The molecule has 1 aliphatic heterocycles. The molecule has 0 unspecified atom stereocenters. The number of hydrogen-bond donors (Lipinski definition) is 0. The number of ether oxygens (including phenoxy) is 3. The Hall–Kier alpha value is -1.47. The highest BCUT2D eigenvalue weighted by Gasteiger charge is 2.28. The molecule has 1 aromatic heterocycles. The Labute approximate surface area is 143 Å². The predicted molar refractivity (Wildman–Crippen MR) is 85.5 cm³/mol. The predicted octanol–water partition coefficient (Wildman–Crippen LogP) is 4.45. The fourth-order valence-electron chi connectivity index (χ4n) is 2.12. The quantitative estimate of drug-likeness (QED) is 0.528. The first kappa shape index (κ1) is 15.4. The third kappa shape index (κ3) is 3.01. The van der Waals surface area contributed by atoms with E-state index in [4.69, 9.17) is 18.6 Å². The zero-order chi connectivity index (χ0) is 15.7. The molecule has 0 aliphatic carbocycles. The normalized spacial score (nSPS) is 15.4. The van der Waals surface area contributed by atoms with E-state index in [0.29, 0.717) is 11.5 Å². The molecule has 1 aliphatic rings. The number of furan rings is 1. The first-order valence-corrected chi connectivity index (χ1v) is 8.24. The minimum atomic E-state index is -0.522. The third-order valence-corrected chi connectivity index (χ3v) is 4.34. The Morgan fingerprint density at radius 2 is 2.05 bits per heavy atom. The molecule has 5 nitrogen and oxygen atoms in total. The molecule has 0 radical (unpaired) electrons. The molecule has 0 bridgehead atoms. The van der Waals surface area contributed by atoms with E-state index in [9.17, 15) is 4.79 Å². The van der Waals surface area contributed by atoms with Crippen LogP contribution in [0.5, 0.6) is 11.5 Å². The van der Waals surface area contributed by atoms with Crippen molar-refractivity contribution < 1.29 is 23.4 Å². The van der Waals surface area contributed by atoms with Crippen LogP contribution in [0.15, 0.2) is 39.4 Å². The van der Waals surface area contributed by atoms with E-state index in [2.05, 4.69) is 31.9 Å². The number of hydrogen-bond acceptors (Lipinski definition) is 5. The van der Waals surface area contributed by atoms with Gasteiger partial charge in [0.05, 0.1) is 11.1 Å². The minimum Gasteiger partial charge on any atom is -0.457 e. The molecular formula is C15H12Br2O5. The summed E-state index contributed by atoms with van der Waals surface area (Å²) in [7, 11) is 0. The molecule has 0 spiro atoms. The zero-order valence-corrected chi connectivity index (χ0v) is 14.7. The topological polar surface area (TPSA) is 57.9 Å². The molecule has 2 atom stereocenters. The van der Waals surface area contributed by atoms with Crippen LogP contribution in [-0.2, 0) is 4.74 Å². The fourth-order valence-corrected chi connectivity index (χ4v) is 3.06. The van der Waals surface area contributed by atoms with Crippen molar-refractivity contribution in [2.75, 3.05) is 6.79 Å². The molecule has 22 heavy (non-hydrogen) atoms. The highest BCUT2D eigenvalue weighted by molar-refractivity contribution is 9.10. The van der Waals surface area contributed by atoms with E-state index >= 15 is 0 Å². The maximum Gasteiger partial charge on any atom is 0.374 e. The number of carbonyl (C=O) groups is 1. The van der Waals surface area contributed by atoms with Crippen LogP contribution < -0.4 is 9.47 Å². The molecule has 3 rings (SSSR count). The molecule has 0 saturated heterocycles. The molecule has 1 aromatic carbocycles. The highest BCUT2D eigenvalue weighted by atomic mass is 79.9. The number of fused-ring (bicyclic) bond motifs is 1. The van der Waals surface area contributed by atoms with Crippen molar-refractivity contribution in [1.29, 1.82) is 0 Å². The molecule has 0 amide bonds. The van der Waals surface area contributed by atoms with Gasteiger partial charge in [0.25, 0.3) is 0 Å². The molecule has 116 valence electrons. The summed E-state index contributed by atoms with van der Waals surface area (Å²) in [6.45, 7) is 2.09. The summed E-state index contributed by atoms with van der Waals surface area (Å²) in [6.07, 6.45) is 0.918. The highest BCUT2D eigenvalue weighted by Crippen LogP contribution is 2.41. The minimum absolute atomic E-state index is 0.108. The van der Waals surface area contributed by atoms with E-state index < -0.39 is 12.1 Å². The molecule has 7 heteroatoms. The number of benzene rings is 1. The van der Waals surface area contributed by atoms with Crippen molar-refractivity contribution in [2.24, 2.45) is 0 Å². The summed E-state index contributed by atoms with van der Waals surface area (Å²) < 4.78 is 22.1. The van der Waals surface area contributed by atoms with Crippen LogP contribution in [0.3, 0.4) is 0 Å². The van der Waals surface area contributed by atoms with Crippen molar-refractivity contribution in [3.8, 4) is 11.5 Å². The summed E-state index contributed by atoms with van der Waals surface area (Å²) in [6, 6.07) is 6.82. The van der Waals surface area contributed by atoms with Gasteiger partial charge < -0.3 is 18.6 Å². The second-order valence-corrected chi connectivity index (χ2v) is 7.01. The van der Waals surface area contributed by atoms with Gasteiger partial charge in [-0.05, 0) is 31.2 Å². The second-order valence-electron chi connectivity index (χ2n) is 4.71. The molecule has 2 heterocycles. The number of esters is 1. The lowest BCUT2D eigenvalue weighted by Crippen LogP contribution is -2.18. The van der Waals surface area contributed by atoms with E-state index in [1.807, 2.05) is 13.0 Å². The van der Waals surface area contributed by atoms with Crippen molar-refractivity contribution >= 4 is 37.8 Å². The molecule has 0 N–H and O–H groups in total. The average Bonchev–Trinajstić information content (AvgIpc) is 3.14. The van der Waals surface area contributed by atoms with Crippen LogP contribution in [0.4, 0.5) is 0 Å². The Balaban J connectivity index is 1.90. The number of alkyl halides is 1. The maximum absolute atomic E-state index is 12.1. The van der Waals surface area contributed by atoms with Crippen LogP contribution in [0.2, 0.25) is 0 Å². The number of halogens is 2. The van der Waals surface area contributed by atoms with Crippen LogP contribution >= 0.6 is 31.9 Å². The molecule has 2 aromatic rings. The Bertz CT molecular complexity index is 681. The summed E-state index contributed by atoms with van der Waals surface area (Å²) in [4.78, 5) is 12.0. The van der Waals surface area contributed by atoms with Crippen LogP contribution in [-0.4, -0.2) is 17.6 Å². The molecular weight excluding hydrogens is 420 g/mol. The van der Waals surface area contributed by atoms with Gasteiger partial charge in [0.15, 0.2) is 11.5 Å². The first-order valence-electron chi connectivity index (χ1n) is 6.54. The average molecular weight is 432 g/mol. The van der Waals surface area contributed by atoms with Gasteiger partial charge in [0, 0.05) is 10.0 Å². The van der Waals surface area contributed by atoms with Crippen molar-refractivity contribution in [1.82, 2.24) is 0 Å². The van der Waals surface area contributed by atoms with E-state index in [-0.39, 0.29) is 17.4 Å². The van der Waals surface area contributed by atoms with Crippen LogP contribution in [0, 0.1) is 0 Å². The molecule has 0 saturated carbocycles. The second kappa shape index (κ2) is 6.34. The smallest absolute Gasteiger partial charge is 0.374 e. The SMILES string of the molecule is C[C@@H](Br)[C@@H](OC(=O)c1ccco1)c1cc2c(cc1Br)OCO2. The van der Waals surface area contributed by atoms with Crippen LogP contribution in [0.25, 0.3) is 0 Å². The van der Waals surface area contributed by atoms with Gasteiger partial charge in [-0.25, -0.2) is 4.79 Å². The molecule has 0 fully saturated rings. The van der Waals surface area contributed by atoms with Gasteiger partial charge in [-0.15, -0.1) is 0 Å². The summed E-state index contributed by atoms with van der Waals surface area (Å²) >= 11 is 6.97. The standard InChI is InChI=1S/C15H12Br2O5/c1-8(16)14(22-15(18)11-3-2-4-19-11)9-5-12-13(6-10(9)17)21-7-20-12/h2-6,8,14H,7H2,1H3/t8-,14-/m1/s1. The van der Waals surface area contributed by atoms with Gasteiger partial charge in [0.2, 0.25) is 12.6 Å². The van der Waals surface area contributed by atoms with Gasteiger partial charge in [0.1, 0.15) is 6.10 Å². The van der Waals surface area contributed by atoms with E-state index in [1.54, 1.807) is 18.2 Å². The van der Waals surface area contributed by atoms with Crippen molar-refractivity contribution in [2.45, 2.75) is 17.9 Å². The first-order chi connectivity index (χ1) is 10.6. The summed E-state index contributed by atoms with van der Waals surface area (Å²) in [5, 5.41) is 0.